The third kappa shape index (κ3) is 4.12. The molecule has 0 spiro atoms. The molecule has 1 atom stereocenters. The molecular formula is C10H18N4O. The number of aliphatic hydroxyl groups excluding tert-OH is 1. The monoisotopic (exact) mass is 210 g/mol. The summed E-state index contributed by atoms with van der Waals surface area (Å²) in [6.45, 7) is 2.29. The van der Waals surface area contributed by atoms with E-state index in [4.69, 9.17) is 5.11 Å². The van der Waals surface area contributed by atoms with Crippen molar-refractivity contribution in [3.8, 4) is 0 Å². The van der Waals surface area contributed by atoms with Crippen molar-refractivity contribution in [2.45, 2.75) is 25.8 Å². The van der Waals surface area contributed by atoms with Gasteiger partial charge in [-0.1, -0.05) is 0 Å². The van der Waals surface area contributed by atoms with Gasteiger partial charge in [-0.3, -0.25) is 4.98 Å². The number of aliphatic hydroxyl groups is 1. The first-order valence-electron chi connectivity index (χ1n) is 5.13. The average Bonchev–Trinajstić information content (AvgIpc) is 2.26. The van der Waals surface area contributed by atoms with Crippen LogP contribution in [-0.2, 0) is 0 Å². The van der Waals surface area contributed by atoms with Crippen LogP contribution in [0, 0.1) is 0 Å². The maximum absolute atomic E-state index is 8.70. The molecule has 0 aliphatic rings. The molecule has 0 saturated carbocycles. The van der Waals surface area contributed by atoms with E-state index in [0.29, 0.717) is 6.04 Å². The molecule has 15 heavy (non-hydrogen) atoms. The van der Waals surface area contributed by atoms with Gasteiger partial charge in [0.05, 0.1) is 12.4 Å². The van der Waals surface area contributed by atoms with Gasteiger partial charge in [0.1, 0.15) is 11.6 Å². The Morgan fingerprint density at radius 2 is 2.13 bits per heavy atom. The maximum atomic E-state index is 8.70. The molecule has 5 nitrogen and oxygen atoms in total. The highest BCUT2D eigenvalue weighted by atomic mass is 16.2. The van der Waals surface area contributed by atoms with E-state index in [1.807, 2.05) is 7.05 Å². The minimum Gasteiger partial charge on any atom is -0.396 e. The summed E-state index contributed by atoms with van der Waals surface area (Å²) < 4.78 is 0. The number of anilines is 2. The van der Waals surface area contributed by atoms with Gasteiger partial charge in [0.2, 0.25) is 0 Å². The van der Waals surface area contributed by atoms with Gasteiger partial charge in [0, 0.05) is 19.7 Å². The summed E-state index contributed by atoms with van der Waals surface area (Å²) in [6.07, 6.45) is 5.08. The van der Waals surface area contributed by atoms with E-state index >= 15 is 0 Å². The van der Waals surface area contributed by atoms with E-state index in [1.165, 1.54) is 0 Å². The fourth-order valence-electron chi connectivity index (χ4n) is 1.28. The Bertz CT molecular complexity index is 293. The topological polar surface area (TPSA) is 70.1 Å². The van der Waals surface area contributed by atoms with Crippen molar-refractivity contribution >= 4 is 11.6 Å². The minimum atomic E-state index is 0.230. The van der Waals surface area contributed by atoms with Crippen LogP contribution in [0.5, 0.6) is 0 Å². The van der Waals surface area contributed by atoms with Gasteiger partial charge < -0.3 is 15.7 Å². The Labute approximate surface area is 90.0 Å². The molecule has 1 heterocycles. The van der Waals surface area contributed by atoms with Crippen LogP contribution in [-0.4, -0.2) is 34.8 Å². The number of hydrogen-bond donors (Lipinski definition) is 3. The standard InChI is InChI=1S/C10H18N4O/c1-8(4-3-5-15)13-10-7-12-6-9(11-2)14-10/h6-8,15H,3-5H2,1-2H3,(H2,11,13,14). The fourth-order valence-corrected chi connectivity index (χ4v) is 1.28. The van der Waals surface area contributed by atoms with Crippen molar-refractivity contribution in [1.29, 1.82) is 0 Å². The molecule has 3 N–H and O–H groups in total. The molecule has 1 aromatic heterocycles. The maximum Gasteiger partial charge on any atom is 0.147 e. The van der Waals surface area contributed by atoms with Crippen LogP contribution in [0.2, 0.25) is 0 Å². The van der Waals surface area contributed by atoms with Crippen LogP contribution in [0.1, 0.15) is 19.8 Å². The first-order valence-corrected chi connectivity index (χ1v) is 5.13. The first kappa shape index (κ1) is 11.7. The van der Waals surface area contributed by atoms with Crippen molar-refractivity contribution in [3.63, 3.8) is 0 Å². The van der Waals surface area contributed by atoms with Crippen LogP contribution in [0.3, 0.4) is 0 Å². The van der Waals surface area contributed by atoms with Crippen molar-refractivity contribution in [2.75, 3.05) is 24.3 Å². The predicted octanol–water partition coefficient (Wildman–Crippen LogP) is 1.09. The molecule has 0 radical (unpaired) electrons. The van der Waals surface area contributed by atoms with E-state index in [0.717, 1.165) is 24.5 Å². The van der Waals surface area contributed by atoms with Crippen LogP contribution in [0.4, 0.5) is 11.6 Å². The zero-order valence-electron chi connectivity index (χ0n) is 9.20. The van der Waals surface area contributed by atoms with Crippen molar-refractivity contribution in [1.82, 2.24) is 9.97 Å². The second kappa shape index (κ2) is 6.19. The first-order chi connectivity index (χ1) is 7.26. The lowest BCUT2D eigenvalue weighted by atomic mass is 10.2. The SMILES string of the molecule is CNc1cncc(NC(C)CCCO)n1. The Morgan fingerprint density at radius 3 is 2.80 bits per heavy atom. The Morgan fingerprint density at radius 1 is 1.40 bits per heavy atom. The molecule has 0 aliphatic heterocycles. The molecule has 0 bridgehead atoms. The predicted molar refractivity (Wildman–Crippen MR) is 61.0 cm³/mol. The second-order valence-electron chi connectivity index (χ2n) is 3.45. The lowest BCUT2D eigenvalue weighted by Gasteiger charge is -2.13. The summed E-state index contributed by atoms with van der Waals surface area (Å²) >= 11 is 0. The van der Waals surface area contributed by atoms with Gasteiger partial charge in [0.25, 0.3) is 0 Å². The highest BCUT2D eigenvalue weighted by molar-refractivity contribution is 5.41. The van der Waals surface area contributed by atoms with E-state index in [9.17, 15) is 0 Å². The van der Waals surface area contributed by atoms with E-state index in [1.54, 1.807) is 12.4 Å². The molecule has 0 fully saturated rings. The van der Waals surface area contributed by atoms with Gasteiger partial charge in [-0.2, -0.15) is 0 Å². The lowest BCUT2D eigenvalue weighted by molar-refractivity contribution is 0.282. The van der Waals surface area contributed by atoms with Crippen LogP contribution in [0.15, 0.2) is 12.4 Å². The fraction of sp³-hybridized carbons (Fsp3) is 0.600. The smallest absolute Gasteiger partial charge is 0.147 e. The van der Waals surface area contributed by atoms with Gasteiger partial charge in [0.15, 0.2) is 0 Å². The van der Waals surface area contributed by atoms with E-state index in [-0.39, 0.29) is 6.61 Å². The van der Waals surface area contributed by atoms with Crippen molar-refractivity contribution < 1.29 is 5.11 Å². The van der Waals surface area contributed by atoms with E-state index in [2.05, 4.69) is 27.5 Å². The summed E-state index contributed by atoms with van der Waals surface area (Å²) in [5.74, 6) is 1.50. The minimum absolute atomic E-state index is 0.230. The summed E-state index contributed by atoms with van der Waals surface area (Å²) in [5.41, 5.74) is 0. The Balaban J connectivity index is 2.48. The Hall–Kier alpha value is -1.36. The molecule has 0 saturated heterocycles. The molecular weight excluding hydrogens is 192 g/mol. The molecule has 0 aromatic carbocycles. The van der Waals surface area contributed by atoms with Crippen molar-refractivity contribution in [2.24, 2.45) is 0 Å². The summed E-state index contributed by atoms with van der Waals surface area (Å²) in [4.78, 5) is 8.34. The number of aromatic nitrogens is 2. The second-order valence-corrected chi connectivity index (χ2v) is 3.45. The van der Waals surface area contributed by atoms with Crippen LogP contribution < -0.4 is 10.6 Å². The molecule has 0 amide bonds. The largest absolute Gasteiger partial charge is 0.396 e. The third-order valence-corrected chi connectivity index (χ3v) is 2.08. The third-order valence-electron chi connectivity index (χ3n) is 2.08. The van der Waals surface area contributed by atoms with Crippen LogP contribution in [0.25, 0.3) is 0 Å². The average molecular weight is 210 g/mol. The Kier molecular flexibility index (Phi) is 4.83. The van der Waals surface area contributed by atoms with Gasteiger partial charge in [-0.05, 0) is 19.8 Å². The summed E-state index contributed by atoms with van der Waals surface area (Å²) in [7, 11) is 1.81. The number of hydrogen-bond acceptors (Lipinski definition) is 5. The van der Waals surface area contributed by atoms with E-state index < -0.39 is 0 Å². The summed E-state index contributed by atoms with van der Waals surface area (Å²) in [6, 6.07) is 0.290. The quantitative estimate of drug-likeness (QED) is 0.655. The number of nitrogens with zero attached hydrogens (tertiary/aromatic N) is 2. The number of rotatable bonds is 6. The molecule has 84 valence electrons. The normalized spacial score (nSPS) is 12.2. The van der Waals surface area contributed by atoms with Crippen LogP contribution >= 0.6 is 0 Å². The van der Waals surface area contributed by atoms with Crippen molar-refractivity contribution in [3.05, 3.63) is 12.4 Å². The highest BCUT2D eigenvalue weighted by Crippen LogP contribution is 2.09. The molecule has 0 aliphatic carbocycles. The lowest BCUT2D eigenvalue weighted by Crippen LogP contribution is -2.16. The summed E-state index contributed by atoms with van der Waals surface area (Å²) in [5, 5.41) is 14.9. The molecule has 5 heteroatoms. The molecule has 1 rings (SSSR count). The van der Waals surface area contributed by atoms with Gasteiger partial charge in [-0.25, -0.2) is 4.98 Å². The highest BCUT2D eigenvalue weighted by Gasteiger charge is 2.03. The zero-order chi connectivity index (χ0) is 11.1. The molecule has 1 aromatic rings. The zero-order valence-corrected chi connectivity index (χ0v) is 9.20. The number of nitrogens with one attached hydrogen (secondary N) is 2. The van der Waals surface area contributed by atoms with Gasteiger partial charge >= 0.3 is 0 Å². The molecule has 1 unspecified atom stereocenters. The van der Waals surface area contributed by atoms with Gasteiger partial charge in [-0.15, -0.1) is 0 Å².